The second-order valence-corrected chi connectivity index (χ2v) is 4.79. The van der Waals surface area contributed by atoms with Crippen molar-refractivity contribution in [3.8, 4) is 11.8 Å². The lowest BCUT2D eigenvalue weighted by molar-refractivity contribution is 0.415. The van der Waals surface area contributed by atoms with Gasteiger partial charge in [-0.15, -0.1) is 0 Å². The van der Waals surface area contributed by atoms with Crippen LogP contribution in [-0.4, -0.2) is 35.7 Å². The molecule has 0 amide bonds. The van der Waals surface area contributed by atoms with Crippen LogP contribution in [0.5, 0.6) is 5.75 Å². The Bertz CT molecular complexity index is 833. The van der Waals surface area contributed by atoms with E-state index in [0.29, 0.717) is 13.0 Å². The molecule has 0 aliphatic carbocycles. The molecule has 6 heteroatoms. The van der Waals surface area contributed by atoms with Gasteiger partial charge in [-0.2, -0.15) is 5.26 Å². The fourth-order valence-electron chi connectivity index (χ4n) is 2.40. The molecule has 0 saturated heterocycles. The summed E-state index contributed by atoms with van der Waals surface area (Å²) in [6.07, 6.45) is 2.00. The minimum Gasteiger partial charge on any atom is -0.497 e. The molecule has 3 rings (SSSR count). The van der Waals surface area contributed by atoms with Gasteiger partial charge in [0.15, 0.2) is 5.82 Å². The van der Waals surface area contributed by atoms with Crippen molar-refractivity contribution in [1.82, 2.24) is 15.0 Å². The quantitative estimate of drug-likeness (QED) is 0.794. The molecule has 0 atom stereocenters. The Morgan fingerprint density at radius 2 is 2.24 bits per heavy atom. The second kappa shape index (κ2) is 5.29. The maximum Gasteiger partial charge on any atom is 0.156 e. The Kier molecular flexibility index (Phi) is 3.32. The van der Waals surface area contributed by atoms with E-state index in [-0.39, 0.29) is 0 Å². The first-order valence-electron chi connectivity index (χ1n) is 6.63. The van der Waals surface area contributed by atoms with Crippen LogP contribution in [0.1, 0.15) is 6.42 Å². The van der Waals surface area contributed by atoms with E-state index in [9.17, 15) is 0 Å². The number of nitrogens with one attached hydrogen (secondary N) is 1. The first kappa shape index (κ1) is 13.2. The molecule has 1 aromatic carbocycles. The fourth-order valence-corrected chi connectivity index (χ4v) is 2.40. The molecule has 2 heterocycles. The zero-order valence-electron chi connectivity index (χ0n) is 11.9. The van der Waals surface area contributed by atoms with Gasteiger partial charge in [-0.25, -0.2) is 9.97 Å². The molecule has 0 unspecified atom stereocenters. The number of aromatic nitrogens is 3. The van der Waals surface area contributed by atoms with Gasteiger partial charge in [0.05, 0.1) is 19.6 Å². The van der Waals surface area contributed by atoms with Crippen molar-refractivity contribution in [3.05, 3.63) is 24.5 Å². The van der Waals surface area contributed by atoms with E-state index in [0.717, 1.165) is 33.5 Å². The third-order valence-corrected chi connectivity index (χ3v) is 3.49. The van der Waals surface area contributed by atoms with Crippen LogP contribution in [-0.2, 0) is 0 Å². The smallest absolute Gasteiger partial charge is 0.156 e. The number of hydrogen-bond acceptors (Lipinski definition) is 5. The number of nitriles is 1. The summed E-state index contributed by atoms with van der Waals surface area (Å²) in [7, 11) is 3.57. The average molecular weight is 281 g/mol. The van der Waals surface area contributed by atoms with Gasteiger partial charge >= 0.3 is 0 Å². The van der Waals surface area contributed by atoms with Crippen LogP contribution in [0.4, 0.5) is 5.82 Å². The van der Waals surface area contributed by atoms with Crippen LogP contribution < -0.4 is 9.64 Å². The molecular weight excluding hydrogens is 266 g/mol. The van der Waals surface area contributed by atoms with Gasteiger partial charge in [-0.05, 0) is 18.2 Å². The summed E-state index contributed by atoms with van der Waals surface area (Å²) >= 11 is 0. The summed E-state index contributed by atoms with van der Waals surface area (Å²) in [5, 5.41) is 9.72. The largest absolute Gasteiger partial charge is 0.497 e. The molecule has 0 aliphatic rings. The Balaban J connectivity index is 2.17. The number of fused-ring (bicyclic) bond motifs is 3. The lowest BCUT2D eigenvalue weighted by Gasteiger charge is -2.16. The van der Waals surface area contributed by atoms with Gasteiger partial charge < -0.3 is 14.6 Å². The number of hydrogen-bond donors (Lipinski definition) is 1. The van der Waals surface area contributed by atoms with Crippen molar-refractivity contribution in [2.45, 2.75) is 6.42 Å². The highest BCUT2D eigenvalue weighted by Gasteiger charge is 2.13. The monoisotopic (exact) mass is 281 g/mol. The number of benzene rings is 1. The molecule has 0 fully saturated rings. The zero-order valence-corrected chi connectivity index (χ0v) is 11.9. The summed E-state index contributed by atoms with van der Waals surface area (Å²) in [4.78, 5) is 14.0. The van der Waals surface area contributed by atoms with Crippen molar-refractivity contribution in [2.75, 3.05) is 25.6 Å². The van der Waals surface area contributed by atoms with E-state index in [1.165, 1.54) is 0 Å². The molecule has 3 aromatic rings. The first-order valence-corrected chi connectivity index (χ1v) is 6.63. The van der Waals surface area contributed by atoms with Crippen molar-refractivity contribution in [1.29, 1.82) is 5.26 Å². The van der Waals surface area contributed by atoms with Crippen LogP contribution >= 0.6 is 0 Å². The Morgan fingerprint density at radius 1 is 1.38 bits per heavy atom. The van der Waals surface area contributed by atoms with Crippen LogP contribution in [0.15, 0.2) is 24.5 Å². The highest BCUT2D eigenvalue weighted by atomic mass is 16.5. The molecule has 0 spiro atoms. The SMILES string of the molecule is COc1ccc2[nH]c3c(N(C)CCC#N)ncnc3c2c1. The topological polar surface area (TPSA) is 77.8 Å². The highest BCUT2D eigenvalue weighted by molar-refractivity contribution is 6.08. The van der Waals surface area contributed by atoms with Crippen molar-refractivity contribution in [2.24, 2.45) is 0 Å². The standard InChI is InChI=1S/C15H15N5O/c1-20(7-3-6-16)15-14-13(17-9-18-15)11-8-10(21-2)4-5-12(11)19-14/h4-5,8-9,19H,3,7H2,1-2H3. The minimum atomic E-state index is 0.454. The number of anilines is 1. The zero-order chi connectivity index (χ0) is 14.8. The van der Waals surface area contributed by atoms with Gasteiger partial charge in [0.1, 0.15) is 23.1 Å². The van der Waals surface area contributed by atoms with Crippen molar-refractivity contribution >= 4 is 27.8 Å². The van der Waals surface area contributed by atoms with Crippen LogP contribution in [0.3, 0.4) is 0 Å². The lowest BCUT2D eigenvalue weighted by atomic mass is 10.2. The van der Waals surface area contributed by atoms with Gasteiger partial charge in [-0.1, -0.05) is 0 Å². The van der Waals surface area contributed by atoms with E-state index in [1.54, 1.807) is 13.4 Å². The lowest BCUT2D eigenvalue weighted by Crippen LogP contribution is -2.19. The Morgan fingerprint density at radius 3 is 3.00 bits per heavy atom. The summed E-state index contributed by atoms with van der Waals surface area (Å²) in [6.45, 7) is 0.626. The first-order chi connectivity index (χ1) is 10.2. The number of methoxy groups -OCH3 is 1. The number of aromatic amines is 1. The number of rotatable bonds is 4. The Labute approximate surface area is 122 Å². The molecule has 0 radical (unpaired) electrons. The second-order valence-electron chi connectivity index (χ2n) is 4.79. The van der Waals surface area contributed by atoms with E-state index >= 15 is 0 Å². The predicted octanol–water partition coefficient (Wildman–Crippen LogP) is 2.47. The third kappa shape index (κ3) is 2.23. The van der Waals surface area contributed by atoms with Crippen molar-refractivity contribution in [3.63, 3.8) is 0 Å². The summed E-state index contributed by atoms with van der Waals surface area (Å²) in [5.74, 6) is 1.59. The van der Waals surface area contributed by atoms with E-state index in [2.05, 4.69) is 21.0 Å². The molecule has 1 N–H and O–H groups in total. The molecular formula is C15H15N5O. The van der Waals surface area contributed by atoms with Gasteiger partial charge in [0.25, 0.3) is 0 Å². The minimum absolute atomic E-state index is 0.454. The summed E-state index contributed by atoms with van der Waals surface area (Å²) in [6, 6.07) is 7.98. The summed E-state index contributed by atoms with van der Waals surface area (Å²) in [5.41, 5.74) is 2.72. The molecule has 0 aliphatic heterocycles. The van der Waals surface area contributed by atoms with Gasteiger partial charge in [0, 0.05) is 24.5 Å². The molecule has 106 valence electrons. The van der Waals surface area contributed by atoms with E-state index < -0.39 is 0 Å². The molecule has 6 nitrogen and oxygen atoms in total. The average Bonchev–Trinajstić information content (AvgIpc) is 2.90. The predicted molar refractivity (Wildman–Crippen MR) is 81.4 cm³/mol. The number of nitrogens with zero attached hydrogens (tertiary/aromatic N) is 4. The Hall–Kier alpha value is -2.81. The van der Waals surface area contributed by atoms with E-state index in [1.807, 2.05) is 30.1 Å². The van der Waals surface area contributed by atoms with Crippen LogP contribution in [0, 0.1) is 11.3 Å². The van der Waals surface area contributed by atoms with E-state index in [4.69, 9.17) is 10.00 Å². The summed E-state index contributed by atoms with van der Waals surface area (Å²) < 4.78 is 5.27. The maximum absolute atomic E-state index is 8.72. The van der Waals surface area contributed by atoms with Gasteiger partial charge in [-0.3, -0.25) is 0 Å². The number of H-pyrrole nitrogens is 1. The van der Waals surface area contributed by atoms with Crippen molar-refractivity contribution < 1.29 is 4.74 Å². The molecule has 0 saturated carbocycles. The molecule has 2 aromatic heterocycles. The fraction of sp³-hybridized carbons (Fsp3) is 0.267. The maximum atomic E-state index is 8.72. The van der Waals surface area contributed by atoms with Crippen LogP contribution in [0.2, 0.25) is 0 Å². The molecule has 21 heavy (non-hydrogen) atoms. The van der Waals surface area contributed by atoms with Gasteiger partial charge in [0.2, 0.25) is 0 Å². The highest BCUT2D eigenvalue weighted by Crippen LogP contribution is 2.30. The molecule has 0 bridgehead atoms. The third-order valence-electron chi connectivity index (χ3n) is 3.49. The van der Waals surface area contributed by atoms with Crippen LogP contribution in [0.25, 0.3) is 21.9 Å². The normalized spacial score (nSPS) is 10.7. The number of ether oxygens (including phenoxy) is 1.